The van der Waals surface area contributed by atoms with Crippen LogP contribution in [0.3, 0.4) is 0 Å². The van der Waals surface area contributed by atoms with Crippen LogP contribution < -0.4 is 5.32 Å². The zero-order valence-corrected chi connectivity index (χ0v) is 23.0. The van der Waals surface area contributed by atoms with Crippen molar-refractivity contribution in [2.45, 2.75) is 44.9 Å². The SMILES string of the molecule is O=C(Cc1nnc(CCCCc2nnc(NC(=O)Cc3cccc4[nH]ncc34)s2)s1)Cc1cccc2[nH]ncc12. The molecular formula is C27H25N9O2S2. The molecule has 13 heteroatoms. The standard InChI is InChI=1S/C27H25N9O2S2/c37-18(11-16-5-3-7-21-19(16)14-28-31-21)13-26-35-33-24(39-26)9-1-2-10-25-34-36-27(40-25)30-23(38)12-17-6-4-8-22-20(17)15-29-32-22/h3-8,14-15H,1-2,9-13H2,(H,28,31)(H,29,32)(H,30,36,38). The molecular weight excluding hydrogens is 546 g/mol. The Morgan fingerprint density at radius 1 is 0.700 bits per heavy atom. The molecule has 6 aromatic rings. The van der Waals surface area contributed by atoms with E-state index >= 15 is 0 Å². The predicted molar refractivity (Wildman–Crippen MR) is 153 cm³/mol. The molecule has 4 aromatic heterocycles. The summed E-state index contributed by atoms with van der Waals surface area (Å²) in [6, 6.07) is 11.6. The van der Waals surface area contributed by atoms with Gasteiger partial charge in [0, 0.05) is 30.0 Å². The first-order valence-electron chi connectivity index (χ1n) is 12.9. The summed E-state index contributed by atoms with van der Waals surface area (Å²) in [6.07, 6.45) is 7.74. The number of Topliss-reactive ketones (excluding diaryl/α,β-unsaturated/α-hetero) is 1. The number of aryl methyl sites for hydroxylation is 2. The zero-order chi connectivity index (χ0) is 27.3. The van der Waals surface area contributed by atoms with E-state index in [0.29, 0.717) is 11.6 Å². The summed E-state index contributed by atoms with van der Waals surface area (Å²) in [5, 5.41) is 38.6. The smallest absolute Gasteiger partial charge is 0.230 e. The molecule has 0 saturated carbocycles. The van der Waals surface area contributed by atoms with Crippen molar-refractivity contribution in [3.05, 3.63) is 74.9 Å². The Bertz CT molecular complexity index is 1650. The van der Waals surface area contributed by atoms with E-state index in [1.807, 2.05) is 36.4 Å². The Morgan fingerprint density at radius 3 is 2.00 bits per heavy atom. The van der Waals surface area contributed by atoms with Crippen LogP contribution in [-0.2, 0) is 41.7 Å². The topological polar surface area (TPSA) is 155 Å². The van der Waals surface area contributed by atoms with Gasteiger partial charge in [-0.1, -0.05) is 35.6 Å². The van der Waals surface area contributed by atoms with Gasteiger partial charge in [-0.25, -0.2) is 0 Å². The molecule has 1 amide bonds. The van der Waals surface area contributed by atoms with Gasteiger partial charge in [0.2, 0.25) is 11.0 Å². The van der Waals surface area contributed by atoms with Crippen molar-refractivity contribution in [2.75, 3.05) is 5.32 Å². The second kappa shape index (κ2) is 11.8. The van der Waals surface area contributed by atoms with Gasteiger partial charge in [-0.2, -0.15) is 10.2 Å². The normalized spacial score (nSPS) is 11.4. The van der Waals surface area contributed by atoms with Crippen molar-refractivity contribution in [1.82, 2.24) is 40.8 Å². The van der Waals surface area contributed by atoms with Crippen LogP contribution in [-0.4, -0.2) is 52.5 Å². The van der Waals surface area contributed by atoms with Gasteiger partial charge in [0.05, 0.1) is 36.3 Å². The molecule has 0 spiro atoms. The monoisotopic (exact) mass is 571 g/mol. The molecule has 0 fully saturated rings. The molecule has 11 nitrogen and oxygen atoms in total. The average molecular weight is 572 g/mol. The Kier molecular flexibility index (Phi) is 7.64. The average Bonchev–Trinajstić information content (AvgIpc) is 3.75. The lowest BCUT2D eigenvalue weighted by molar-refractivity contribution is -0.118. The Hall–Kier alpha value is -4.36. The lowest BCUT2D eigenvalue weighted by atomic mass is 10.0. The number of carbonyl (C=O) groups excluding carboxylic acids is 2. The van der Waals surface area contributed by atoms with Gasteiger partial charge in [0.15, 0.2) is 0 Å². The summed E-state index contributed by atoms with van der Waals surface area (Å²) in [5.41, 5.74) is 3.70. The number of aromatic nitrogens is 8. The van der Waals surface area contributed by atoms with Crippen molar-refractivity contribution in [1.29, 1.82) is 0 Å². The van der Waals surface area contributed by atoms with E-state index in [0.717, 1.165) is 73.6 Å². The fraction of sp³-hybridized carbons (Fsp3) is 0.259. The first-order valence-corrected chi connectivity index (χ1v) is 14.5. The third kappa shape index (κ3) is 6.10. The van der Waals surface area contributed by atoms with E-state index in [-0.39, 0.29) is 24.5 Å². The number of benzene rings is 2. The lowest BCUT2D eigenvalue weighted by Gasteiger charge is -2.02. The highest BCUT2D eigenvalue weighted by Crippen LogP contribution is 2.22. The number of aromatic amines is 2. The first-order chi connectivity index (χ1) is 19.6. The second-order valence-corrected chi connectivity index (χ2v) is 11.6. The van der Waals surface area contributed by atoms with Crippen LogP contribution in [0.15, 0.2) is 48.8 Å². The van der Waals surface area contributed by atoms with Crippen molar-refractivity contribution in [3.63, 3.8) is 0 Å². The summed E-state index contributed by atoms with van der Waals surface area (Å²) in [6.45, 7) is 0. The molecule has 0 bridgehead atoms. The second-order valence-electron chi connectivity index (χ2n) is 9.41. The third-order valence-electron chi connectivity index (χ3n) is 6.49. The molecule has 0 atom stereocenters. The van der Waals surface area contributed by atoms with E-state index in [9.17, 15) is 9.59 Å². The van der Waals surface area contributed by atoms with E-state index in [1.54, 1.807) is 12.4 Å². The highest BCUT2D eigenvalue weighted by molar-refractivity contribution is 7.15. The molecule has 0 aliphatic heterocycles. The molecule has 0 saturated heterocycles. The van der Waals surface area contributed by atoms with Gasteiger partial charge < -0.3 is 5.32 Å². The third-order valence-corrected chi connectivity index (χ3v) is 8.37. The van der Waals surface area contributed by atoms with Crippen LogP contribution in [0.2, 0.25) is 0 Å². The highest BCUT2D eigenvalue weighted by Gasteiger charge is 2.14. The zero-order valence-electron chi connectivity index (χ0n) is 21.4. The van der Waals surface area contributed by atoms with Crippen molar-refractivity contribution in [2.24, 2.45) is 0 Å². The number of carbonyl (C=O) groups is 2. The number of hydrogen-bond donors (Lipinski definition) is 3. The number of fused-ring (bicyclic) bond motifs is 2. The van der Waals surface area contributed by atoms with Crippen molar-refractivity contribution < 1.29 is 9.59 Å². The number of ketones is 1. The van der Waals surface area contributed by atoms with Crippen LogP contribution in [0.5, 0.6) is 0 Å². The fourth-order valence-corrected chi connectivity index (χ4v) is 6.28. The summed E-state index contributed by atoms with van der Waals surface area (Å²) in [4.78, 5) is 25.2. The number of anilines is 1. The molecule has 2 aromatic carbocycles. The molecule has 202 valence electrons. The number of nitrogens with zero attached hydrogens (tertiary/aromatic N) is 6. The molecule has 40 heavy (non-hydrogen) atoms. The summed E-state index contributed by atoms with van der Waals surface area (Å²) >= 11 is 2.89. The maximum atomic E-state index is 12.6. The van der Waals surface area contributed by atoms with Crippen LogP contribution in [0.25, 0.3) is 21.8 Å². The number of amides is 1. The molecule has 6 rings (SSSR count). The number of H-pyrrole nitrogens is 2. The first kappa shape index (κ1) is 25.9. The Balaban J connectivity index is 0.928. The summed E-state index contributed by atoms with van der Waals surface area (Å²) in [5.74, 6) is -0.0328. The van der Waals surface area contributed by atoms with E-state index in [4.69, 9.17) is 0 Å². The van der Waals surface area contributed by atoms with Gasteiger partial charge in [-0.05, 0) is 36.1 Å². The number of hydrogen-bond acceptors (Lipinski definition) is 10. The van der Waals surface area contributed by atoms with Crippen LogP contribution in [0.1, 0.15) is 39.0 Å². The molecule has 0 aliphatic carbocycles. The predicted octanol–water partition coefficient (Wildman–Crippen LogP) is 4.24. The minimum Gasteiger partial charge on any atom is -0.300 e. The minimum absolute atomic E-state index is 0.106. The van der Waals surface area contributed by atoms with Gasteiger partial charge in [0.1, 0.15) is 20.8 Å². The highest BCUT2D eigenvalue weighted by atomic mass is 32.1. The fourth-order valence-electron chi connectivity index (χ4n) is 4.57. The molecule has 4 heterocycles. The van der Waals surface area contributed by atoms with Crippen molar-refractivity contribution >= 4 is 61.3 Å². The quantitative estimate of drug-likeness (QED) is 0.184. The van der Waals surface area contributed by atoms with Gasteiger partial charge in [0.25, 0.3) is 0 Å². The number of unbranched alkanes of at least 4 members (excludes halogenated alkanes) is 1. The van der Waals surface area contributed by atoms with E-state index in [1.165, 1.54) is 22.7 Å². The summed E-state index contributed by atoms with van der Waals surface area (Å²) < 4.78 is 0. The van der Waals surface area contributed by atoms with Crippen LogP contribution in [0.4, 0.5) is 5.13 Å². The lowest BCUT2D eigenvalue weighted by Crippen LogP contribution is -2.14. The summed E-state index contributed by atoms with van der Waals surface area (Å²) in [7, 11) is 0. The van der Waals surface area contributed by atoms with E-state index in [2.05, 4.69) is 46.1 Å². The molecule has 0 aliphatic rings. The van der Waals surface area contributed by atoms with Crippen LogP contribution in [0, 0.1) is 0 Å². The van der Waals surface area contributed by atoms with Gasteiger partial charge in [-0.3, -0.25) is 19.8 Å². The van der Waals surface area contributed by atoms with E-state index < -0.39 is 0 Å². The Labute approximate surface area is 236 Å². The number of rotatable bonds is 12. The maximum Gasteiger partial charge on any atom is 0.230 e. The molecule has 0 radical (unpaired) electrons. The van der Waals surface area contributed by atoms with Gasteiger partial charge >= 0.3 is 0 Å². The van der Waals surface area contributed by atoms with Crippen molar-refractivity contribution in [3.8, 4) is 0 Å². The number of nitrogens with one attached hydrogen (secondary N) is 3. The molecule has 0 unspecified atom stereocenters. The van der Waals surface area contributed by atoms with Gasteiger partial charge in [-0.15, -0.1) is 31.7 Å². The molecule has 3 N–H and O–H groups in total. The maximum absolute atomic E-state index is 12.6. The minimum atomic E-state index is -0.138. The Morgan fingerprint density at radius 2 is 1.30 bits per heavy atom. The largest absolute Gasteiger partial charge is 0.300 e. The van der Waals surface area contributed by atoms with Crippen LogP contribution >= 0.6 is 22.7 Å².